The van der Waals surface area contributed by atoms with Crippen LogP contribution in [-0.4, -0.2) is 10.9 Å². The Morgan fingerprint density at radius 3 is 2.62 bits per heavy atom. The Kier molecular flexibility index (Phi) is 5.69. The molecule has 3 heteroatoms. The minimum atomic E-state index is 0.147. The van der Waals surface area contributed by atoms with Crippen LogP contribution >= 0.6 is 11.8 Å². The first-order chi connectivity index (χ1) is 7.72. The average Bonchev–Trinajstić information content (AvgIpc) is 2.29. The van der Waals surface area contributed by atoms with Crippen LogP contribution < -0.4 is 5.73 Å². The summed E-state index contributed by atoms with van der Waals surface area (Å²) in [4.78, 5) is 10.7. The molecule has 2 nitrogen and oxygen atoms in total. The maximum atomic E-state index is 10.7. The lowest BCUT2D eigenvalue weighted by molar-refractivity contribution is -0.109. The molecule has 1 aromatic rings. The molecular weight excluding hydrogens is 218 g/mol. The number of carbonyl (C=O) groups is 1. The van der Waals surface area contributed by atoms with Crippen molar-refractivity contribution in [1.29, 1.82) is 0 Å². The number of hydrogen-bond donors (Lipinski definition) is 1. The van der Waals surface area contributed by atoms with Crippen LogP contribution in [0.5, 0.6) is 0 Å². The van der Waals surface area contributed by atoms with Gasteiger partial charge in [-0.3, -0.25) is 4.79 Å². The third kappa shape index (κ3) is 5.01. The van der Waals surface area contributed by atoms with E-state index in [4.69, 9.17) is 5.73 Å². The molecule has 2 N–H and O–H groups in total. The summed E-state index contributed by atoms with van der Waals surface area (Å²) in [5, 5.41) is 0.147. The molecule has 0 saturated carbocycles. The molecule has 0 aliphatic heterocycles. The van der Waals surface area contributed by atoms with Crippen LogP contribution in [0.1, 0.15) is 24.5 Å². The Morgan fingerprint density at radius 2 is 2.06 bits per heavy atom. The predicted molar refractivity (Wildman–Crippen MR) is 69.0 cm³/mol. The van der Waals surface area contributed by atoms with Gasteiger partial charge in [0.05, 0.1) is 0 Å². The fourth-order valence-electron chi connectivity index (χ4n) is 1.13. The Labute approximate surface area is 101 Å². The van der Waals surface area contributed by atoms with Crippen LogP contribution in [0.4, 0.5) is 0 Å². The van der Waals surface area contributed by atoms with Crippen molar-refractivity contribution in [2.45, 2.75) is 19.9 Å². The lowest BCUT2D eigenvalue weighted by Gasteiger charge is -1.95. The van der Waals surface area contributed by atoms with E-state index in [1.54, 1.807) is 6.92 Å². The van der Waals surface area contributed by atoms with Crippen LogP contribution in [-0.2, 0) is 11.3 Å². The van der Waals surface area contributed by atoms with E-state index in [-0.39, 0.29) is 5.12 Å². The zero-order valence-corrected chi connectivity index (χ0v) is 10.1. The fourth-order valence-corrected chi connectivity index (χ4v) is 1.63. The van der Waals surface area contributed by atoms with Gasteiger partial charge in [-0.1, -0.05) is 35.7 Å². The number of benzene rings is 1. The molecule has 0 saturated heterocycles. The van der Waals surface area contributed by atoms with Gasteiger partial charge in [0.25, 0.3) is 0 Å². The molecule has 16 heavy (non-hydrogen) atoms. The van der Waals surface area contributed by atoms with E-state index in [1.807, 2.05) is 24.3 Å². The van der Waals surface area contributed by atoms with Crippen molar-refractivity contribution in [2.75, 3.05) is 5.75 Å². The summed E-state index contributed by atoms with van der Waals surface area (Å²) in [6.45, 7) is 2.13. The first-order valence-corrected chi connectivity index (χ1v) is 6.12. The van der Waals surface area contributed by atoms with Crippen molar-refractivity contribution in [3.05, 3.63) is 35.4 Å². The standard InChI is InChI=1S/C13H15NOS/c1-11(15)16-9-3-2-4-12-5-7-13(10-14)8-6-12/h5-8H,3,9-10,14H2,1H3. The first kappa shape index (κ1) is 12.8. The second-order valence-electron chi connectivity index (χ2n) is 3.29. The zero-order valence-electron chi connectivity index (χ0n) is 9.32. The third-order valence-electron chi connectivity index (χ3n) is 1.95. The number of nitrogens with two attached hydrogens (primary N) is 1. The lowest BCUT2D eigenvalue weighted by atomic mass is 10.1. The van der Waals surface area contributed by atoms with Gasteiger partial charge in [-0.05, 0) is 17.7 Å². The Bertz CT molecular complexity index is 400. The summed E-state index contributed by atoms with van der Waals surface area (Å²) < 4.78 is 0. The molecule has 0 radical (unpaired) electrons. The predicted octanol–water partition coefficient (Wildman–Crippen LogP) is 2.17. The highest BCUT2D eigenvalue weighted by Crippen LogP contribution is 2.04. The van der Waals surface area contributed by atoms with Gasteiger partial charge in [0.15, 0.2) is 5.12 Å². The summed E-state index contributed by atoms with van der Waals surface area (Å²) in [7, 11) is 0. The Balaban J connectivity index is 2.41. The van der Waals surface area contributed by atoms with Crippen molar-refractivity contribution < 1.29 is 4.79 Å². The Hall–Kier alpha value is -1.24. The maximum absolute atomic E-state index is 10.7. The van der Waals surface area contributed by atoms with Gasteiger partial charge in [-0.2, -0.15) is 0 Å². The summed E-state index contributed by atoms with van der Waals surface area (Å²) in [5.74, 6) is 6.86. The quantitative estimate of drug-likeness (QED) is 0.642. The van der Waals surface area contributed by atoms with E-state index in [2.05, 4.69) is 11.8 Å². The molecule has 0 aliphatic rings. The largest absolute Gasteiger partial charge is 0.326 e. The molecule has 0 amide bonds. The van der Waals surface area contributed by atoms with E-state index in [9.17, 15) is 4.79 Å². The van der Waals surface area contributed by atoms with Gasteiger partial charge in [-0.25, -0.2) is 0 Å². The zero-order chi connectivity index (χ0) is 11.8. The van der Waals surface area contributed by atoms with E-state index < -0.39 is 0 Å². The number of carbonyl (C=O) groups excluding carboxylic acids is 1. The van der Waals surface area contributed by atoms with Crippen molar-refractivity contribution in [1.82, 2.24) is 0 Å². The number of rotatable bonds is 3. The monoisotopic (exact) mass is 233 g/mol. The topological polar surface area (TPSA) is 43.1 Å². The molecule has 0 atom stereocenters. The highest BCUT2D eigenvalue weighted by Gasteiger charge is 1.91. The highest BCUT2D eigenvalue weighted by atomic mass is 32.2. The summed E-state index contributed by atoms with van der Waals surface area (Å²) in [5.41, 5.74) is 7.60. The SMILES string of the molecule is CC(=O)SCCC#Cc1ccc(CN)cc1. The van der Waals surface area contributed by atoms with Gasteiger partial charge in [0.2, 0.25) is 0 Å². The second kappa shape index (κ2) is 7.10. The molecule has 1 aromatic carbocycles. The second-order valence-corrected chi connectivity index (χ2v) is 4.56. The van der Waals surface area contributed by atoms with E-state index >= 15 is 0 Å². The normalized spacial score (nSPS) is 9.38. The van der Waals surface area contributed by atoms with Crippen molar-refractivity contribution in [3.63, 3.8) is 0 Å². The molecule has 0 fully saturated rings. The van der Waals surface area contributed by atoms with Crippen molar-refractivity contribution >= 4 is 16.9 Å². The van der Waals surface area contributed by atoms with E-state index in [0.717, 1.165) is 23.3 Å². The van der Waals surface area contributed by atoms with Crippen molar-refractivity contribution in [3.8, 4) is 11.8 Å². The fraction of sp³-hybridized carbons (Fsp3) is 0.308. The Morgan fingerprint density at radius 1 is 1.38 bits per heavy atom. The van der Waals surface area contributed by atoms with Gasteiger partial charge in [0, 0.05) is 31.2 Å². The minimum absolute atomic E-state index is 0.147. The van der Waals surface area contributed by atoms with E-state index in [1.165, 1.54) is 11.8 Å². The molecule has 1 rings (SSSR count). The van der Waals surface area contributed by atoms with Crippen molar-refractivity contribution in [2.24, 2.45) is 5.73 Å². The molecule has 0 bridgehead atoms. The lowest BCUT2D eigenvalue weighted by Crippen LogP contribution is -1.95. The molecule has 0 heterocycles. The summed E-state index contributed by atoms with van der Waals surface area (Å²) in [6.07, 6.45) is 0.739. The molecule has 0 unspecified atom stereocenters. The van der Waals surface area contributed by atoms with Gasteiger partial charge in [0.1, 0.15) is 0 Å². The minimum Gasteiger partial charge on any atom is -0.326 e. The van der Waals surface area contributed by atoms with Gasteiger partial charge in [-0.15, -0.1) is 0 Å². The van der Waals surface area contributed by atoms with Gasteiger partial charge >= 0.3 is 0 Å². The average molecular weight is 233 g/mol. The van der Waals surface area contributed by atoms with Crippen LogP contribution in [0.2, 0.25) is 0 Å². The first-order valence-electron chi connectivity index (χ1n) is 5.13. The molecular formula is C13H15NOS. The molecule has 0 aliphatic carbocycles. The summed E-state index contributed by atoms with van der Waals surface area (Å²) in [6, 6.07) is 7.89. The van der Waals surface area contributed by atoms with Gasteiger partial charge < -0.3 is 5.73 Å². The smallest absolute Gasteiger partial charge is 0.185 e. The maximum Gasteiger partial charge on any atom is 0.185 e. The third-order valence-corrected chi connectivity index (χ3v) is 2.77. The molecule has 0 spiro atoms. The van der Waals surface area contributed by atoms with Crippen LogP contribution in [0.25, 0.3) is 0 Å². The van der Waals surface area contributed by atoms with Crippen LogP contribution in [0.15, 0.2) is 24.3 Å². The molecule has 84 valence electrons. The summed E-state index contributed by atoms with van der Waals surface area (Å²) >= 11 is 1.31. The highest BCUT2D eigenvalue weighted by molar-refractivity contribution is 8.13. The van der Waals surface area contributed by atoms with Crippen LogP contribution in [0, 0.1) is 11.8 Å². The number of thioether (sulfide) groups is 1. The van der Waals surface area contributed by atoms with E-state index in [0.29, 0.717) is 6.54 Å². The molecule has 0 aromatic heterocycles. The van der Waals surface area contributed by atoms with Crippen LogP contribution in [0.3, 0.4) is 0 Å². The number of hydrogen-bond acceptors (Lipinski definition) is 3.